The Morgan fingerprint density at radius 3 is 2.52 bits per heavy atom. The van der Waals surface area contributed by atoms with Crippen LogP contribution >= 0.6 is 0 Å². The molecule has 0 bridgehead atoms. The Bertz CT molecular complexity index is 912. The molecular formula is C22H23FN2O4. The molecule has 2 aromatic carbocycles. The molecule has 0 saturated carbocycles. The molecule has 1 heterocycles. The fourth-order valence-electron chi connectivity index (χ4n) is 3.09. The van der Waals surface area contributed by atoms with Gasteiger partial charge in [0, 0.05) is 19.5 Å². The molecular weight excluding hydrogens is 375 g/mol. The summed E-state index contributed by atoms with van der Waals surface area (Å²) in [5.41, 5.74) is 1.70. The average molecular weight is 398 g/mol. The first-order chi connectivity index (χ1) is 14.0. The van der Waals surface area contributed by atoms with Gasteiger partial charge in [-0.2, -0.15) is 0 Å². The molecule has 0 spiro atoms. The van der Waals surface area contributed by atoms with Gasteiger partial charge in [-0.3, -0.25) is 19.3 Å². The third-order valence-corrected chi connectivity index (χ3v) is 4.66. The van der Waals surface area contributed by atoms with Crippen molar-refractivity contribution in [2.45, 2.75) is 26.2 Å². The number of carbonyl (C=O) groups excluding carboxylic acids is 3. The van der Waals surface area contributed by atoms with E-state index in [9.17, 15) is 18.8 Å². The predicted molar refractivity (Wildman–Crippen MR) is 105 cm³/mol. The number of rotatable bonds is 9. The van der Waals surface area contributed by atoms with E-state index in [1.54, 1.807) is 30.3 Å². The van der Waals surface area contributed by atoms with Crippen molar-refractivity contribution in [2.75, 3.05) is 19.7 Å². The molecule has 3 rings (SSSR count). The number of hydrogen-bond donors (Lipinski definition) is 1. The van der Waals surface area contributed by atoms with Gasteiger partial charge in [-0.25, -0.2) is 4.39 Å². The van der Waals surface area contributed by atoms with Gasteiger partial charge < -0.3 is 10.1 Å². The molecule has 6 nitrogen and oxygen atoms in total. The maximum atomic E-state index is 12.8. The molecule has 0 aromatic heterocycles. The highest BCUT2D eigenvalue weighted by atomic mass is 19.1. The number of benzene rings is 2. The number of aryl methyl sites for hydroxylation is 1. The molecule has 0 unspecified atom stereocenters. The van der Waals surface area contributed by atoms with E-state index >= 15 is 0 Å². The topological polar surface area (TPSA) is 75.7 Å². The van der Waals surface area contributed by atoms with E-state index < -0.39 is 0 Å². The Balaban J connectivity index is 1.33. The van der Waals surface area contributed by atoms with E-state index in [4.69, 9.17) is 4.74 Å². The van der Waals surface area contributed by atoms with E-state index in [-0.39, 0.29) is 36.5 Å². The summed E-state index contributed by atoms with van der Waals surface area (Å²) in [6, 6.07) is 11.0. The number of halogens is 1. The molecule has 0 fully saturated rings. The second kappa shape index (κ2) is 9.32. The summed E-state index contributed by atoms with van der Waals surface area (Å²) in [6.07, 6.45) is 1.52. The van der Waals surface area contributed by atoms with Gasteiger partial charge in [0.25, 0.3) is 11.8 Å². The summed E-state index contributed by atoms with van der Waals surface area (Å²) in [7, 11) is 0. The van der Waals surface area contributed by atoms with Crippen LogP contribution in [0.15, 0.2) is 42.5 Å². The van der Waals surface area contributed by atoms with Crippen molar-refractivity contribution in [3.63, 3.8) is 0 Å². The second-order valence-corrected chi connectivity index (χ2v) is 6.92. The number of ether oxygens (including phenoxy) is 1. The summed E-state index contributed by atoms with van der Waals surface area (Å²) >= 11 is 0. The van der Waals surface area contributed by atoms with Crippen LogP contribution in [0.5, 0.6) is 5.75 Å². The monoisotopic (exact) mass is 398 g/mol. The van der Waals surface area contributed by atoms with Gasteiger partial charge in [0.1, 0.15) is 11.6 Å². The SMILES string of the molecule is Cc1ccc2c(c1)C(=O)N(CCC(=O)NCCCCOc1ccc(F)cc1)C2=O. The zero-order valence-corrected chi connectivity index (χ0v) is 16.2. The van der Waals surface area contributed by atoms with Gasteiger partial charge in [0.15, 0.2) is 0 Å². The van der Waals surface area contributed by atoms with Crippen LogP contribution in [0.4, 0.5) is 4.39 Å². The molecule has 2 aromatic rings. The fraction of sp³-hybridized carbons (Fsp3) is 0.318. The maximum absolute atomic E-state index is 12.8. The number of nitrogens with zero attached hydrogens (tertiary/aromatic N) is 1. The number of nitrogens with one attached hydrogen (secondary N) is 1. The molecule has 3 amide bonds. The highest BCUT2D eigenvalue weighted by molar-refractivity contribution is 6.21. The smallest absolute Gasteiger partial charge is 0.261 e. The van der Waals surface area contributed by atoms with Crippen molar-refractivity contribution in [1.29, 1.82) is 0 Å². The van der Waals surface area contributed by atoms with Gasteiger partial charge >= 0.3 is 0 Å². The Kier molecular flexibility index (Phi) is 6.59. The Morgan fingerprint density at radius 1 is 1.03 bits per heavy atom. The minimum absolute atomic E-state index is 0.0604. The van der Waals surface area contributed by atoms with Crippen LogP contribution < -0.4 is 10.1 Å². The number of unbranched alkanes of at least 4 members (excludes halogenated alkanes) is 1. The first-order valence-corrected chi connectivity index (χ1v) is 9.57. The third kappa shape index (κ3) is 5.19. The van der Waals surface area contributed by atoms with E-state index in [1.165, 1.54) is 12.1 Å². The molecule has 1 aliphatic rings. The molecule has 1 aliphatic heterocycles. The summed E-state index contributed by atoms with van der Waals surface area (Å²) < 4.78 is 18.3. The standard InChI is InChI=1S/C22H23FN2O4/c1-15-4-9-18-19(14-15)22(28)25(21(18)27)12-10-20(26)24-11-2-3-13-29-17-7-5-16(23)6-8-17/h4-9,14H,2-3,10-13H2,1H3,(H,24,26). The van der Waals surface area contributed by atoms with Crippen LogP contribution in [-0.4, -0.2) is 42.3 Å². The molecule has 1 N–H and O–H groups in total. The van der Waals surface area contributed by atoms with Crippen molar-refractivity contribution in [3.05, 3.63) is 65.0 Å². The number of carbonyl (C=O) groups is 3. The molecule has 0 aliphatic carbocycles. The Labute approximate surface area is 168 Å². The van der Waals surface area contributed by atoms with E-state index in [2.05, 4.69) is 5.32 Å². The van der Waals surface area contributed by atoms with E-state index in [0.29, 0.717) is 30.0 Å². The first-order valence-electron chi connectivity index (χ1n) is 9.57. The van der Waals surface area contributed by atoms with Gasteiger partial charge in [0.05, 0.1) is 17.7 Å². The van der Waals surface area contributed by atoms with E-state index in [1.807, 2.05) is 6.92 Å². The van der Waals surface area contributed by atoms with Crippen molar-refractivity contribution in [1.82, 2.24) is 10.2 Å². The van der Waals surface area contributed by atoms with Crippen LogP contribution in [0.1, 0.15) is 45.5 Å². The average Bonchev–Trinajstić information content (AvgIpc) is 2.94. The zero-order chi connectivity index (χ0) is 20.8. The first kappa shape index (κ1) is 20.5. The zero-order valence-electron chi connectivity index (χ0n) is 16.2. The van der Waals surface area contributed by atoms with Crippen molar-refractivity contribution in [2.24, 2.45) is 0 Å². The fourth-order valence-corrected chi connectivity index (χ4v) is 3.09. The number of fused-ring (bicyclic) bond motifs is 1. The number of imide groups is 1. The summed E-state index contributed by atoms with van der Waals surface area (Å²) in [5.74, 6) is -0.615. The quantitative estimate of drug-likeness (QED) is 0.520. The Morgan fingerprint density at radius 2 is 1.76 bits per heavy atom. The summed E-state index contributed by atoms with van der Waals surface area (Å²) in [4.78, 5) is 37.8. The minimum atomic E-state index is -0.351. The maximum Gasteiger partial charge on any atom is 0.261 e. The van der Waals surface area contributed by atoms with E-state index in [0.717, 1.165) is 23.3 Å². The van der Waals surface area contributed by atoms with Gasteiger partial charge in [-0.15, -0.1) is 0 Å². The summed E-state index contributed by atoms with van der Waals surface area (Å²) in [5, 5.41) is 2.78. The normalized spacial score (nSPS) is 12.8. The Hall–Kier alpha value is -3.22. The van der Waals surface area contributed by atoms with Crippen LogP contribution in [0.25, 0.3) is 0 Å². The lowest BCUT2D eigenvalue weighted by Gasteiger charge is -2.13. The van der Waals surface area contributed by atoms with Crippen molar-refractivity contribution < 1.29 is 23.5 Å². The lowest BCUT2D eigenvalue weighted by atomic mass is 10.1. The van der Waals surface area contributed by atoms with Gasteiger partial charge in [0.2, 0.25) is 5.91 Å². The molecule has 7 heteroatoms. The lowest BCUT2D eigenvalue weighted by molar-refractivity contribution is -0.121. The van der Waals surface area contributed by atoms with Crippen LogP contribution in [0.2, 0.25) is 0 Å². The van der Waals surface area contributed by atoms with Crippen molar-refractivity contribution >= 4 is 17.7 Å². The van der Waals surface area contributed by atoms with Crippen LogP contribution in [-0.2, 0) is 4.79 Å². The highest BCUT2D eigenvalue weighted by Gasteiger charge is 2.35. The molecule has 0 saturated heterocycles. The number of amides is 3. The van der Waals surface area contributed by atoms with Crippen molar-refractivity contribution in [3.8, 4) is 5.75 Å². The van der Waals surface area contributed by atoms with Crippen LogP contribution in [0.3, 0.4) is 0 Å². The third-order valence-electron chi connectivity index (χ3n) is 4.66. The highest BCUT2D eigenvalue weighted by Crippen LogP contribution is 2.23. The largest absolute Gasteiger partial charge is 0.494 e. The molecule has 152 valence electrons. The second-order valence-electron chi connectivity index (χ2n) is 6.92. The molecule has 0 radical (unpaired) electrons. The predicted octanol–water partition coefficient (Wildman–Crippen LogP) is 3.10. The lowest BCUT2D eigenvalue weighted by Crippen LogP contribution is -2.34. The minimum Gasteiger partial charge on any atom is -0.494 e. The van der Waals surface area contributed by atoms with Crippen LogP contribution in [0, 0.1) is 12.7 Å². The summed E-state index contributed by atoms with van der Waals surface area (Å²) in [6.45, 7) is 2.87. The molecule has 29 heavy (non-hydrogen) atoms. The molecule has 0 atom stereocenters. The van der Waals surface area contributed by atoms with Gasteiger partial charge in [-0.1, -0.05) is 11.6 Å². The number of hydrogen-bond acceptors (Lipinski definition) is 4. The van der Waals surface area contributed by atoms with Gasteiger partial charge in [-0.05, 0) is 56.2 Å².